The van der Waals surface area contributed by atoms with Crippen molar-refractivity contribution in [3.8, 4) is 11.5 Å². The van der Waals surface area contributed by atoms with Crippen LogP contribution in [-0.2, 0) is 21.3 Å². The average Bonchev–Trinajstić information content (AvgIpc) is 3.10. The fourth-order valence-electron chi connectivity index (χ4n) is 2.81. The van der Waals surface area contributed by atoms with E-state index in [1.54, 1.807) is 11.9 Å². The van der Waals surface area contributed by atoms with E-state index < -0.39 is 9.84 Å². The van der Waals surface area contributed by atoms with Crippen LogP contribution in [0.4, 0.5) is 0 Å². The number of sulfone groups is 1. The molecule has 1 saturated heterocycles. The molecule has 1 amide bonds. The van der Waals surface area contributed by atoms with Crippen molar-refractivity contribution in [2.45, 2.75) is 19.1 Å². The van der Waals surface area contributed by atoms with E-state index in [-0.39, 0.29) is 41.5 Å². The fourth-order valence-corrected chi connectivity index (χ4v) is 4.93. The van der Waals surface area contributed by atoms with Crippen LogP contribution < -0.4 is 5.32 Å². The quantitative estimate of drug-likeness (QED) is 0.637. The van der Waals surface area contributed by atoms with Gasteiger partial charge in [0.15, 0.2) is 9.84 Å². The third-order valence-electron chi connectivity index (χ3n) is 4.08. The lowest BCUT2D eigenvalue weighted by Crippen LogP contribution is -2.42. The number of rotatable bonds is 6. The Morgan fingerprint density at radius 1 is 1.44 bits per heavy atom. The van der Waals surface area contributed by atoms with Crippen LogP contribution in [0.25, 0.3) is 11.5 Å². The number of halogens is 1. The maximum Gasteiger partial charge on any atom is 0.288 e. The number of amides is 1. The number of likely N-dealkylation sites (N-methyl/N-ethyl adjacent to an activating group) is 1. The Balaban J connectivity index is 1.58. The molecular weight excluding hydrogens is 456 g/mol. The van der Waals surface area contributed by atoms with Crippen molar-refractivity contribution in [3.63, 3.8) is 0 Å². The Bertz CT molecular complexity index is 985. The van der Waals surface area contributed by atoms with Crippen molar-refractivity contribution in [1.82, 2.24) is 20.0 Å². The Morgan fingerprint density at radius 3 is 2.78 bits per heavy atom. The highest BCUT2D eigenvalue weighted by Crippen LogP contribution is 2.20. The van der Waals surface area contributed by atoms with Gasteiger partial charge in [0.2, 0.25) is 11.8 Å². The summed E-state index contributed by atoms with van der Waals surface area (Å²) in [4.78, 5) is 14.1. The molecule has 146 valence electrons. The summed E-state index contributed by atoms with van der Waals surface area (Å²) in [5.41, 5.74) is 0.797. The summed E-state index contributed by atoms with van der Waals surface area (Å²) in [6.07, 6.45) is 0.461. The van der Waals surface area contributed by atoms with E-state index in [1.807, 2.05) is 24.3 Å². The van der Waals surface area contributed by atoms with Crippen LogP contribution in [0.3, 0.4) is 0 Å². The summed E-state index contributed by atoms with van der Waals surface area (Å²) in [7, 11) is -1.27. The van der Waals surface area contributed by atoms with Gasteiger partial charge in [0.05, 0.1) is 24.7 Å². The molecule has 27 heavy (non-hydrogen) atoms. The van der Waals surface area contributed by atoms with Gasteiger partial charge in [-0.1, -0.05) is 15.9 Å². The van der Waals surface area contributed by atoms with E-state index in [9.17, 15) is 13.2 Å². The highest BCUT2D eigenvalue weighted by atomic mass is 79.9. The van der Waals surface area contributed by atoms with Crippen molar-refractivity contribution in [1.29, 1.82) is 0 Å². The Morgan fingerprint density at radius 2 is 2.15 bits per heavy atom. The first-order valence-electron chi connectivity index (χ1n) is 8.24. The van der Waals surface area contributed by atoms with Crippen LogP contribution in [0.1, 0.15) is 6.42 Å². The summed E-state index contributed by atoms with van der Waals surface area (Å²) in [5.74, 6) is 0.304. The van der Waals surface area contributed by atoms with E-state index in [1.165, 1.54) is 4.68 Å². The number of nitrogens with zero attached hydrogens (tertiary/aromatic N) is 3. The molecule has 11 heteroatoms. The Kier molecular flexibility index (Phi) is 6.14. The zero-order valence-electron chi connectivity index (χ0n) is 14.6. The Hall–Kier alpha value is -1.56. The molecule has 2 aromatic rings. The molecule has 1 aliphatic heterocycles. The van der Waals surface area contributed by atoms with Gasteiger partial charge >= 0.3 is 0 Å². The van der Waals surface area contributed by atoms with Crippen LogP contribution in [0.2, 0.25) is 0 Å². The third-order valence-corrected chi connectivity index (χ3v) is 6.67. The lowest BCUT2D eigenvalue weighted by molar-refractivity contribution is -0.122. The molecular formula is C16H19BrN4O4S2. The van der Waals surface area contributed by atoms with Gasteiger partial charge in [-0.2, -0.15) is 0 Å². The molecule has 0 bridgehead atoms. The lowest BCUT2D eigenvalue weighted by Gasteiger charge is -2.17. The first kappa shape index (κ1) is 20.2. The van der Waals surface area contributed by atoms with Crippen LogP contribution >= 0.6 is 28.1 Å². The predicted octanol–water partition coefficient (Wildman–Crippen LogP) is 1.83. The number of aromatic nitrogens is 2. The predicted molar refractivity (Wildman–Crippen MR) is 106 cm³/mol. The van der Waals surface area contributed by atoms with Gasteiger partial charge in [0.25, 0.3) is 4.84 Å². The van der Waals surface area contributed by atoms with Crippen molar-refractivity contribution in [2.24, 2.45) is 0 Å². The SMILES string of the molecule is CN(CC(=O)NC1CCS(=O)(=O)C1)Cn1nc(-c2ccc(Br)cc2)oc1=S. The summed E-state index contributed by atoms with van der Waals surface area (Å²) < 4.78 is 30.9. The van der Waals surface area contributed by atoms with Crippen LogP contribution in [-0.4, -0.2) is 60.1 Å². The molecule has 1 fully saturated rings. The van der Waals surface area contributed by atoms with Gasteiger partial charge in [0.1, 0.15) is 0 Å². The van der Waals surface area contributed by atoms with Gasteiger partial charge < -0.3 is 9.73 Å². The monoisotopic (exact) mass is 474 g/mol. The second kappa shape index (κ2) is 8.21. The molecule has 0 aliphatic carbocycles. The summed E-state index contributed by atoms with van der Waals surface area (Å²) in [6, 6.07) is 7.18. The van der Waals surface area contributed by atoms with E-state index in [0.29, 0.717) is 12.3 Å². The van der Waals surface area contributed by atoms with E-state index in [2.05, 4.69) is 26.3 Å². The minimum atomic E-state index is -3.02. The molecule has 0 spiro atoms. The highest BCUT2D eigenvalue weighted by Gasteiger charge is 2.29. The van der Waals surface area contributed by atoms with Gasteiger partial charge in [0, 0.05) is 16.1 Å². The largest absolute Gasteiger partial charge is 0.409 e. The van der Waals surface area contributed by atoms with Gasteiger partial charge in [-0.05, 0) is 50.0 Å². The van der Waals surface area contributed by atoms with Gasteiger partial charge in [-0.3, -0.25) is 9.69 Å². The number of nitrogens with one attached hydrogen (secondary N) is 1. The molecule has 0 radical (unpaired) electrons. The summed E-state index contributed by atoms with van der Waals surface area (Å²) in [5, 5.41) is 7.12. The maximum absolute atomic E-state index is 12.1. The fraction of sp³-hybridized carbons (Fsp3) is 0.438. The molecule has 1 atom stereocenters. The van der Waals surface area contributed by atoms with Crippen molar-refractivity contribution in [3.05, 3.63) is 33.6 Å². The molecule has 2 heterocycles. The number of benzene rings is 1. The molecule has 1 aromatic heterocycles. The van der Waals surface area contributed by atoms with Gasteiger partial charge in [-0.25, -0.2) is 13.1 Å². The zero-order valence-corrected chi connectivity index (χ0v) is 17.8. The average molecular weight is 475 g/mol. The Labute approximate surface area is 170 Å². The van der Waals surface area contributed by atoms with Crippen molar-refractivity contribution < 1.29 is 17.6 Å². The minimum absolute atomic E-state index is 0.00729. The lowest BCUT2D eigenvalue weighted by atomic mass is 10.2. The van der Waals surface area contributed by atoms with E-state index in [0.717, 1.165) is 10.0 Å². The molecule has 3 rings (SSSR count). The van der Waals surface area contributed by atoms with Gasteiger partial charge in [-0.15, -0.1) is 5.10 Å². The molecule has 8 nitrogen and oxygen atoms in total. The minimum Gasteiger partial charge on any atom is -0.409 e. The topological polar surface area (TPSA) is 97.4 Å². The molecule has 0 saturated carbocycles. The second-order valence-corrected chi connectivity index (χ2v) is 10.00. The molecule has 1 aliphatic rings. The zero-order chi connectivity index (χ0) is 19.6. The van der Waals surface area contributed by atoms with Crippen molar-refractivity contribution in [2.75, 3.05) is 25.1 Å². The maximum atomic E-state index is 12.1. The van der Waals surface area contributed by atoms with Crippen LogP contribution in [0, 0.1) is 4.84 Å². The van der Waals surface area contributed by atoms with E-state index in [4.69, 9.17) is 16.6 Å². The summed E-state index contributed by atoms with van der Waals surface area (Å²) in [6.45, 7) is 0.369. The normalized spacial score (nSPS) is 18.7. The number of hydrogen-bond donors (Lipinski definition) is 1. The molecule has 1 aromatic carbocycles. The second-order valence-electron chi connectivity index (χ2n) is 6.50. The highest BCUT2D eigenvalue weighted by molar-refractivity contribution is 9.10. The first-order valence-corrected chi connectivity index (χ1v) is 11.3. The number of carbonyl (C=O) groups is 1. The van der Waals surface area contributed by atoms with Crippen LogP contribution in [0.5, 0.6) is 0 Å². The third kappa shape index (κ3) is 5.47. The smallest absolute Gasteiger partial charge is 0.288 e. The number of carbonyl (C=O) groups excluding carboxylic acids is 1. The van der Waals surface area contributed by atoms with Crippen molar-refractivity contribution >= 4 is 43.9 Å². The van der Waals surface area contributed by atoms with E-state index >= 15 is 0 Å². The first-order chi connectivity index (χ1) is 12.7. The molecule has 1 unspecified atom stereocenters. The standard InChI is InChI=1S/C16H19BrN4O4S2/c1-20(8-14(22)18-13-6-7-27(23,24)9-13)10-21-16(26)25-15(19-21)11-2-4-12(17)5-3-11/h2-5,13H,6-10H2,1H3,(H,18,22). The van der Waals surface area contributed by atoms with Crippen LogP contribution in [0.15, 0.2) is 33.2 Å². The molecule has 1 N–H and O–H groups in total. The number of hydrogen-bond acceptors (Lipinski definition) is 7. The summed E-state index contributed by atoms with van der Waals surface area (Å²) >= 11 is 8.58.